The summed E-state index contributed by atoms with van der Waals surface area (Å²) in [6.07, 6.45) is 0. The monoisotopic (exact) mass is 172 g/mol. The molecule has 0 aromatic heterocycles. The molecule has 0 aliphatic rings. The van der Waals surface area contributed by atoms with Crippen molar-refractivity contribution < 1.29 is 5.11 Å². The van der Waals surface area contributed by atoms with Gasteiger partial charge in [0.2, 0.25) is 0 Å². The van der Waals surface area contributed by atoms with Crippen LogP contribution < -0.4 is 0 Å². The summed E-state index contributed by atoms with van der Waals surface area (Å²) >= 11 is 11.1. The highest BCUT2D eigenvalue weighted by Gasteiger charge is 2.26. The van der Waals surface area contributed by atoms with Gasteiger partial charge in [-0.1, -0.05) is 13.1 Å². The van der Waals surface area contributed by atoms with Crippen LogP contribution >= 0.6 is 22.7 Å². The topological polar surface area (TPSA) is 20.2 Å². The van der Waals surface area contributed by atoms with E-state index in [2.05, 4.69) is 0 Å². The fraction of sp³-hybridized carbons (Fsp3) is 1.00. The van der Waals surface area contributed by atoms with Crippen molar-refractivity contribution >= 4 is 30.1 Å². The molecular weight excluding hydrogens is 163 g/mol. The van der Waals surface area contributed by atoms with Crippen molar-refractivity contribution in [3.63, 3.8) is 0 Å². The maximum atomic E-state index is 8.99. The van der Waals surface area contributed by atoms with Gasteiger partial charge in [-0.05, 0) is 0 Å². The lowest BCUT2D eigenvalue weighted by Crippen LogP contribution is -2.36. The fourth-order valence-electron chi connectivity index (χ4n) is 0.183. The number of hydrogen-bond donors (Lipinski definition) is 1. The third-order valence-corrected chi connectivity index (χ3v) is 4.03. The van der Waals surface area contributed by atoms with E-state index >= 15 is 0 Å². The van der Waals surface area contributed by atoms with Crippen molar-refractivity contribution in [3.8, 4) is 0 Å². The van der Waals surface area contributed by atoms with Crippen LogP contribution in [0.5, 0.6) is 0 Å². The number of hydrogen-bond acceptors (Lipinski definition) is 1. The minimum Gasteiger partial charge on any atom is -0.394 e. The molecule has 0 amide bonds. The zero-order valence-corrected chi connectivity index (χ0v) is 7.50. The average molecular weight is 173 g/mol. The third-order valence-electron chi connectivity index (χ3n) is 0.939. The van der Waals surface area contributed by atoms with Gasteiger partial charge in [0.05, 0.1) is 5.73 Å². The Hall–Kier alpha value is 0.757. The van der Waals surface area contributed by atoms with Gasteiger partial charge in [-0.2, -0.15) is 11.1 Å². The van der Waals surface area contributed by atoms with Crippen LogP contribution in [0, 0.1) is 0 Å². The summed E-state index contributed by atoms with van der Waals surface area (Å²) in [6, 6.07) is 0. The first-order chi connectivity index (χ1) is 3.48. The summed E-state index contributed by atoms with van der Waals surface area (Å²) in [5, 5.41) is 8.99. The second kappa shape index (κ2) is 3.06. The van der Waals surface area contributed by atoms with Crippen LogP contribution in [-0.4, -0.2) is 24.1 Å². The predicted molar refractivity (Wildman–Crippen MR) is 40.1 cm³/mol. The van der Waals surface area contributed by atoms with Crippen molar-refractivity contribution in [2.75, 3.05) is 5.88 Å². The molecule has 0 aliphatic heterocycles. The largest absolute Gasteiger partial charge is 0.394 e. The molecule has 0 spiro atoms. The summed E-state index contributed by atoms with van der Waals surface area (Å²) in [5.74, 6) is 0.253. The summed E-state index contributed by atoms with van der Waals surface area (Å²) in [7, 11) is -1.86. The Morgan fingerprint density at radius 1 is 1.62 bits per heavy atom. The van der Waals surface area contributed by atoms with E-state index < -0.39 is 13.1 Å². The van der Waals surface area contributed by atoms with Gasteiger partial charge in [-0.15, -0.1) is 11.6 Å². The first kappa shape index (κ1) is 8.76. The zero-order valence-electron chi connectivity index (χ0n) is 4.99. The van der Waals surface area contributed by atoms with Gasteiger partial charge in [0.15, 0.2) is 7.38 Å². The molecule has 0 saturated carbocycles. The van der Waals surface area contributed by atoms with Gasteiger partial charge in [-0.3, -0.25) is 0 Å². The molecule has 4 heteroatoms. The lowest BCUT2D eigenvalue weighted by molar-refractivity contribution is 0.270. The quantitative estimate of drug-likeness (QED) is 0.381. The molecule has 0 fully saturated rings. The molecule has 1 atom stereocenters. The molecule has 1 N–H and O–H groups in total. The van der Waals surface area contributed by atoms with E-state index in [4.69, 9.17) is 27.8 Å². The smallest absolute Gasteiger partial charge is 0.181 e. The standard InChI is InChI=1S/C4H10Cl2OSi/c1-8(2,6)4(7)3-5/h4,7H,3H2,1-2H3. The van der Waals surface area contributed by atoms with E-state index in [1.165, 1.54) is 0 Å². The molecule has 0 rings (SSSR count). The second-order valence-electron chi connectivity index (χ2n) is 2.23. The van der Waals surface area contributed by atoms with Gasteiger partial charge in [0.1, 0.15) is 0 Å². The van der Waals surface area contributed by atoms with Crippen LogP contribution in [0.2, 0.25) is 13.1 Å². The molecule has 8 heavy (non-hydrogen) atoms. The van der Waals surface area contributed by atoms with E-state index in [-0.39, 0.29) is 5.88 Å². The number of halogens is 2. The molecule has 1 nitrogen and oxygen atoms in total. The number of rotatable bonds is 2. The summed E-state index contributed by atoms with van der Waals surface area (Å²) < 4.78 is 0. The molecule has 0 aromatic carbocycles. The lowest BCUT2D eigenvalue weighted by atomic mass is 10.9. The lowest BCUT2D eigenvalue weighted by Gasteiger charge is -2.17. The van der Waals surface area contributed by atoms with Gasteiger partial charge in [-0.25, -0.2) is 0 Å². The van der Waals surface area contributed by atoms with Crippen molar-refractivity contribution in [3.05, 3.63) is 0 Å². The minimum atomic E-state index is -1.86. The molecule has 0 heterocycles. The van der Waals surface area contributed by atoms with Crippen LogP contribution in [0.3, 0.4) is 0 Å². The maximum absolute atomic E-state index is 8.99. The van der Waals surface area contributed by atoms with Crippen LogP contribution in [-0.2, 0) is 0 Å². The fourth-order valence-corrected chi connectivity index (χ4v) is 2.18. The molecule has 0 saturated heterocycles. The van der Waals surface area contributed by atoms with E-state index in [1.54, 1.807) is 0 Å². The van der Waals surface area contributed by atoms with E-state index in [1.807, 2.05) is 13.1 Å². The Morgan fingerprint density at radius 3 is 2.00 bits per heavy atom. The highest BCUT2D eigenvalue weighted by atomic mass is 35.6. The van der Waals surface area contributed by atoms with Gasteiger partial charge in [0.25, 0.3) is 0 Å². The molecule has 0 aromatic rings. The Morgan fingerprint density at radius 2 is 2.00 bits per heavy atom. The van der Waals surface area contributed by atoms with Gasteiger partial charge < -0.3 is 5.11 Å². The number of alkyl halides is 1. The third kappa shape index (κ3) is 2.92. The van der Waals surface area contributed by atoms with Crippen LogP contribution in [0.25, 0.3) is 0 Å². The van der Waals surface area contributed by atoms with Crippen molar-refractivity contribution in [1.82, 2.24) is 0 Å². The first-order valence-corrected chi connectivity index (χ1v) is 7.04. The van der Waals surface area contributed by atoms with Crippen LogP contribution in [0.1, 0.15) is 0 Å². The van der Waals surface area contributed by atoms with Crippen LogP contribution in [0.4, 0.5) is 0 Å². The average Bonchev–Trinajstić information content (AvgIpc) is 1.62. The minimum absolute atomic E-state index is 0.253. The van der Waals surface area contributed by atoms with Gasteiger partial charge >= 0.3 is 0 Å². The summed E-state index contributed by atoms with van der Waals surface area (Å²) in [5.41, 5.74) is -0.481. The molecule has 0 aliphatic carbocycles. The van der Waals surface area contributed by atoms with Crippen molar-refractivity contribution in [1.29, 1.82) is 0 Å². The van der Waals surface area contributed by atoms with Crippen molar-refractivity contribution in [2.24, 2.45) is 0 Å². The Kier molecular flexibility index (Phi) is 3.35. The Balaban J connectivity index is 3.62. The molecule has 50 valence electrons. The molecular formula is C4H10Cl2OSi. The van der Waals surface area contributed by atoms with Gasteiger partial charge in [0, 0.05) is 5.88 Å². The first-order valence-electron chi connectivity index (χ1n) is 2.41. The molecule has 0 radical (unpaired) electrons. The SMILES string of the molecule is C[Si](C)(Cl)C(O)CCl. The Labute approximate surface area is 60.3 Å². The molecule has 1 unspecified atom stereocenters. The molecule has 0 bridgehead atoms. The highest BCUT2D eigenvalue weighted by molar-refractivity contribution is 7.19. The highest BCUT2D eigenvalue weighted by Crippen LogP contribution is 2.13. The summed E-state index contributed by atoms with van der Waals surface area (Å²) in [4.78, 5) is 0. The van der Waals surface area contributed by atoms with Crippen molar-refractivity contribution in [2.45, 2.75) is 18.8 Å². The Bertz CT molecular complexity index is 70.9. The number of aliphatic hydroxyl groups is 1. The van der Waals surface area contributed by atoms with Crippen LogP contribution in [0.15, 0.2) is 0 Å². The second-order valence-corrected chi connectivity index (χ2v) is 9.26. The maximum Gasteiger partial charge on any atom is 0.181 e. The normalized spacial score (nSPS) is 16.1. The predicted octanol–water partition coefficient (Wildman–Crippen LogP) is 1.57. The van der Waals surface area contributed by atoms with E-state index in [9.17, 15) is 0 Å². The zero-order chi connectivity index (χ0) is 6.78. The van der Waals surface area contributed by atoms with E-state index in [0.29, 0.717) is 0 Å². The summed E-state index contributed by atoms with van der Waals surface area (Å²) in [6.45, 7) is 3.73. The van der Waals surface area contributed by atoms with E-state index in [0.717, 1.165) is 0 Å². The number of aliphatic hydroxyl groups excluding tert-OH is 1.